The zero-order valence-electron chi connectivity index (χ0n) is 15.1. The monoisotopic (exact) mass is 382 g/mol. The number of hydrogen-bond donors (Lipinski definition) is 1. The quantitative estimate of drug-likeness (QED) is 0.340. The summed E-state index contributed by atoms with van der Waals surface area (Å²) in [6, 6.07) is 29.4. The fourth-order valence-corrected chi connectivity index (χ4v) is 3.57. The molecule has 0 unspecified atom stereocenters. The summed E-state index contributed by atoms with van der Waals surface area (Å²) in [4.78, 5) is 17.6. The fourth-order valence-electron chi connectivity index (χ4n) is 2.85. The maximum atomic E-state index is 13.1. The molecule has 136 valence electrons. The molecule has 4 rings (SSSR count). The highest BCUT2D eigenvalue weighted by atomic mass is 32.1. The predicted molar refractivity (Wildman–Crippen MR) is 117 cm³/mol. The van der Waals surface area contributed by atoms with Gasteiger partial charge in [-0.25, -0.2) is 4.98 Å². The lowest BCUT2D eigenvalue weighted by atomic mass is 10.0. The number of hydrogen-bond acceptors (Lipinski definition) is 3. The van der Waals surface area contributed by atoms with Crippen molar-refractivity contribution in [3.05, 3.63) is 108 Å². The van der Waals surface area contributed by atoms with Gasteiger partial charge < -0.3 is 0 Å². The molecule has 0 bridgehead atoms. The van der Waals surface area contributed by atoms with Gasteiger partial charge in [0.2, 0.25) is 0 Å². The van der Waals surface area contributed by atoms with E-state index >= 15 is 0 Å². The Labute approximate surface area is 168 Å². The lowest BCUT2D eigenvalue weighted by Crippen LogP contribution is -2.13. The number of thiazole rings is 1. The molecule has 1 heterocycles. The van der Waals surface area contributed by atoms with E-state index in [9.17, 15) is 4.79 Å². The van der Waals surface area contributed by atoms with Gasteiger partial charge in [-0.05, 0) is 17.2 Å². The molecule has 1 N–H and O–H groups in total. The largest absolute Gasteiger partial charge is 0.298 e. The van der Waals surface area contributed by atoms with Gasteiger partial charge in [0.25, 0.3) is 5.91 Å². The predicted octanol–water partition coefficient (Wildman–Crippen LogP) is 5.99. The maximum absolute atomic E-state index is 13.1. The highest BCUT2D eigenvalue weighted by Crippen LogP contribution is 2.26. The smallest absolute Gasteiger partial charge is 0.258 e. The van der Waals surface area contributed by atoms with E-state index in [1.807, 2.05) is 102 Å². The SMILES string of the molecule is O=C(Nc1nc(-c2ccccc2)cs1)C(=Cc1ccccc1)c1ccccc1. The van der Waals surface area contributed by atoms with Crippen LogP contribution < -0.4 is 5.32 Å². The van der Waals surface area contributed by atoms with E-state index in [2.05, 4.69) is 10.3 Å². The normalized spacial score (nSPS) is 11.2. The van der Waals surface area contributed by atoms with Crippen molar-refractivity contribution in [2.45, 2.75) is 0 Å². The third kappa shape index (κ3) is 4.24. The number of carbonyl (C=O) groups is 1. The molecule has 1 amide bonds. The molecule has 0 atom stereocenters. The first-order chi connectivity index (χ1) is 13.8. The molecule has 0 aliphatic carbocycles. The minimum absolute atomic E-state index is 0.177. The topological polar surface area (TPSA) is 42.0 Å². The minimum atomic E-state index is -0.177. The summed E-state index contributed by atoms with van der Waals surface area (Å²) in [6.45, 7) is 0. The van der Waals surface area contributed by atoms with Gasteiger partial charge in [0.1, 0.15) is 0 Å². The van der Waals surface area contributed by atoms with Crippen molar-refractivity contribution in [2.24, 2.45) is 0 Å². The number of nitrogens with zero attached hydrogens (tertiary/aromatic N) is 1. The molecule has 0 aliphatic rings. The van der Waals surface area contributed by atoms with E-state index < -0.39 is 0 Å². The summed E-state index contributed by atoms with van der Waals surface area (Å²) < 4.78 is 0. The zero-order valence-corrected chi connectivity index (χ0v) is 15.9. The molecule has 0 radical (unpaired) electrons. The second-order valence-corrected chi connectivity index (χ2v) is 7.05. The molecule has 0 saturated heterocycles. The third-order valence-corrected chi connectivity index (χ3v) is 4.99. The van der Waals surface area contributed by atoms with Crippen LogP contribution in [0.2, 0.25) is 0 Å². The molecule has 0 saturated carbocycles. The number of rotatable bonds is 5. The average molecular weight is 382 g/mol. The van der Waals surface area contributed by atoms with E-state index in [-0.39, 0.29) is 5.91 Å². The van der Waals surface area contributed by atoms with Gasteiger partial charge in [-0.2, -0.15) is 0 Å². The molecular weight excluding hydrogens is 364 g/mol. The van der Waals surface area contributed by atoms with Crippen molar-refractivity contribution < 1.29 is 4.79 Å². The van der Waals surface area contributed by atoms with E-state index in [1.54, 1.807) is 0 Å². The number of anilines is 1. The summed E-state index contributed by atoms with van der Waals surface area (Å²) in [6.07, 6.45) is 1.90. The van der Waals surface area contributed by atoms with Crippen LogP contribution in [0.1, 0.15) is 11.1 Å². The van der Waals surface area contributed by atoms with E-state index in [0.717, 1.165) is 22.4 Å². The summed E-state index contributed by atoms with van der Waals surface area (Å²) in [5.74, 6) is -0.177. The first-order valence-corrected chi connectivity index (χ1v) is 9.82. The maximum Gasteiger partial charge on any atom is 0.258 e. The Bertz CT molecular complexity index is 1090. The van der Waals surface area contributed by atoms with E-state index in [4.69, 9.17) is 0 Å². The molecule has 4 heteroatoms. The molecule has 0 aliphatic heterocycles. The van der Waals surface area contributed by atoms with Crippen LogP contribution in [0.3, 0.4) is 0 Å². The van der Waals surface area contributed by atoms with Crippen LogP contribution >= 0.6 is 11.3 Å². The Balaban J connectivity index is 1.62. The van der Waals surface area contributed by atoms with E-state index in [0.29, 0.717) is 10.7 Å². The van der Waals surface area contributed by atoms with Crippen molar-refractivity contribution in [1.29, 1.82) is 0 Å². The van der Waals surface area contributed by atoms with Crippen LogP contribution in [0.4, 0.5) is 5.13 Å². The molecule has 3 aromatic carbocycles. The van der Waals surface area contributed by atoms with Crippen LogP contribution in [-0.2, 0) is 4.79 Å². The van der Waals surface area contributed by atoms with Gasteiger partial charge in [-0.1, -0.05) is 91.0 Å². The van der Waals surface area contributed by atoms with Gasteiger partial charge in [0.15, 0.2) is 5.13 Å². The Hall–Kier alpha value is -3.50. The number of benzene rings is 3. The molecule has 0 fully saturated rings. The second-order valence-electron chi connectivity index (χ2n) is 6.19. The van der Waals surface area contributed by atoms with Crippen LogP contribution in [0, 0.1) is 0 Å². The van der Waals surface area contributed by atoms with Gasteiger partial charge in [-0.15, -0.1) is 11.3 Å². The van der Waals surface area contributed by atoms with Crippen molar-refractivity contribution in [3.63, 3.8) is 0 Å². The van der Waals surface area contributed by atoms with Crippen LogP contribution in [0.5, 0.6) is 0 Å². The number of nitrogens with one attached hydrogen (secondary N) is 1. The van der Waals surface area contributed by atoms with Crippen molar-refractivity contribution in [2.75, 3.05) is 5.32 Å². The molecule has 0 spiro atoms. The van der Waals surface area contributed by atoms with Gasteiger partial charge in [-0.3, -0.25) is 10.1 Å². The number of amides is 1. The molecule has 3 nitrogen and oxygen atoms in total. The highest BCUT2D eigenvalue weighted by Gasteiger charge is 2.14. The van der Waals surface area contributed by atoms with Crippen molar-refractivity contribution in [1.82, 2.24) is 4.98 Å². The Morgan fingerprint density at radius 2 is 1.43 bits per heavy atom. The number of aromatic nitrogens is 1. The summed E-state index contributed by atoms with van der Waals surface area (Å²) in [5, 5.41) is 5.49. The van der Waals surface area contributed by atoms with Crippen molar-refractivity contribution in [3.8, 4) is 11.3 Å². The van der Waals surface area contributed by atoms with Crippen LogP contribution in [0.15, 0.2) is 96.4 Å². The molecule has 28 heavy (non-hydrogen) atoms. The van der Waals surface area contributed by atoms with Crippen LogP contribution in [-0.4, -0.2) is 10.9 Å². The Kier molecular flexibility index (Phi) is 5.41. The van der Waals surface area contributed by atoms with Crippen molar-refractivity contribution >= 4 is 34.0 Å². The summed E-state index contributed by atoms with van der Waals surface area (Å²) >= 11 is 1.42. The highest BCUT2D eigenvalue weighted by molar-refractivity contribution is 7.14. The average Bonchev–Trinajstić information content (AvgIpc) is 3.22. The van der Waals surface area contributed by atoms with E-state index in [1.165, 1.54) is 11.3 Å². The lowest BCUT2D eigenvalue weighted by Gasteiger charge is -2.08. The molecular formula is C24H18N2OS. The zero-order chi connectivity index (χ0) is 19.2. The van der Waals surface area contributed by atoms with Gasteiger partial charge >= 0.3 is 0 Å². The number of carbonyl (C=O) groups excluding carboxylic acids is 1. The molecule has 4 aromatic rings. The third-order valence-electron chi connectivity index (χ3n) is 4.23. The Morgan fingerprint density at radius 1 is 0.821 bits per heavy atom. The van der Waals surface area contributed by atoms with Gasteiger partial charge in [0.05, 0.1) is 5.69 Å². The first-order valence-electron chi connectivity index (χ1n) is 8.94. The molecule has 1 aromatic heterocycles. The van der Waals surface area contributed by atoms with Gasteiger partial charge in [0, 0.05) is 16.5 Å². The fraction of sp³-hybridized carbons (Fsp3) is 0. The minimum Gasteiger partial charge on any atom is -0.298 e. The lowest BCUT2D eigenvalue weighted by molar-refractivity contribution is -0.111. The second kappa shape index (κ2) is 8.46. The Morgan fingerprint density at radius 3 is 2.11 bits per heavy atom. The van der Waals surface area contributed by atoms with Crippen LogP contribution in [0.25, 0.3) is 22.9 Å². The summed E-state index contributed by atoms with van der Waals surface area (Å²) in [5.41, 5.74) is 4.32. The first kappa shape index (κ1) is 17.9. The standard InChI is InChI=1S/C24H18N2OS/c27-23(26-24-25-22(17-28-24)20-14-8-3-9-15-20)21(19-12-6-2-7-13-19)16-18-10-4-1-5-11-18/h1-17H,(H,25,26,27). The summed E-state index contributed by atoms with van der Waals surface area (Å²) in [7, 11) is 0.